The van der Waals surface area contributed by atoms with Gasteiger partial charge < -0.3 is 20.0 Å². The molecule has 1 N–H and O–H groups in total. The molecule has 2 saturated heterocycles. The van der Waals surface area contributed by atoms with Crippen LogP contribution in [0.5, 0.6) is 0 Å². The molecule has 2 aliphatic heterocycles. The Morgan fingerprint density at radius 2 is 1.88 bits per heavy atom. The van der Waals surface area contributed by atoms with Crippen LogP contribution in [0.4, 0.5) is 5.82 Å². The summed E-state index contributed by atoms with van der Waals surface area (Å²) >= 11 is 0. The third kappa shape index (κ3) is 5.97. The van der Waals surface area contributed by atoms with Gasteiger partial charge in [-0.3, -0.25) is 4.99 Å². The first-order valence-electron chi connectivity index (χ1n) is 9.60. The molecule has 0 amide bonds. The summed E-state index contributed by atoms with van der Waals surface area (Å²) in [5.74, 6) is 2.75. The second-order valence-electron chi connectivity index (χ2n) is 7.20. The van der Waals surface area contributed by atoms with Gasteiger partial charge in [0.2, 0.25) is 0 Å². The highest BCUT2D eigenvalue weighted by molar-refractivity contribution is 14.0. The number of nitrogens with one attached hydrogen (secondary N) is 1. The summed E-state index contributed by atoms with van der Waals surface area (Å²) in [6.07, 6.45) is 4.59. The molecule has 0 spiro atoms. The number of halogens is 1. The SMILES string of the molecule is CN=C(NCC(C)CN1CCCC1)N1CCN(c2ccccn2)CC1.I. The third-order valence-corrected chi connectivity index (χ3v) is 5.14. The molecule has 0 bridgehead atoms. The fourth-order valence-corrected chi connectivity index (χ4v) is 3.76. The number of likely N-dealkylation sites (tertiary alicyclic amines) is 1. The molecular formula is C19H33IN6. The minimum absolute atomic E-state index is 0. The molecule has 2 aliphatic rings. The molecule has 1 aromatic heterocycles. The smallest absolute Gasteiger partial charge is 0.193 e. The number of aliphatic imine (C=N–C) groups is 1. The minimum Gasteiger partial charge on any atom is -0.356 e. The first-order valence-corrected chi connectivity index (χ1v) is 9.60. The van der Waals surface area contributed by atoms with E-state index in [1.54, 1.807) is 0 Å². The fourth-order valence-electron chi connectivity index (χ4n) is 3.76. The Balaban J connectivity index is 0.00000243. The molecule has 0 radical (unpaired) electrons. The summed E-state index contributed by atoms with van der Waals surface area (Å²) in [6.45, 7) is 11.0. The van der Waals surface area contributed by atoms with Gasteiger partial charge in [-0.25, -0.2) is 4.98 Å². The zero-order chi connectivity index (χ0) is 17.5. The number of aromatic nitrogens is 1. The van der Waals surface area contributed by atoms with Gasteiger partial charge in [-0.05, 0) is 44.0 Å². The van der Waals surface area contributed by atoms with Gasteiger partial charge in [-0.2, -0.15) is 0 Å². The Morgan fingerprint density at radius 1 is 1.15 bits per heavy atom. The van der Waals surface area contributed by atoms with Crippen LogP contribution in [0.2, 0.25) is 0 Å². The van der Waals surface area contributed by atoms with E-state index in [9.17, 15) is 0 Å². The van der Waals surface area contributed by atoms with Crippen molar-refractivity contribution in [2.75, 3.05) is 64.3 Å². The first-order chi connectivity index (χ1) is 12.3. The van der Waals surface area contributed by atoms with E-state index in [0.717, 1.165) is 44.5 Å². The molecule has 146 valence electrons. The van der Waals surface area contributed by atoms with E-state index in [1.165, 1.54) is 32.5 Å². The second-order valence-corrected chi connectivity index (χ2v) is 7.20. The molecular weight excluding hydrogens is 439 g/mol. The Morgan fingerprint density at radius 3 is 2.50 bits per heavy atom. The summed E-state index contributed by atoms with van der Waals surface area (Å²) in [7, 11) is 1.89. The van der Waals surface area contributed by atoms with Gasteiger partial charge >= 0.3 is 0 Å². The highest BCUT2D eigenvalue weighted by Gasteiger charge is 2.21. The predicted octanol–water partition coefficient (Wildman–Crippen LogP) is 2.13. The summed E-state index contributed by atoms with van der Waals surface area (Å²) < 4.78 is 0. The highest BCUT2D eigenvalue weighted by atomic mass is 127. The van der Waals surface area contributed by atoms with E-state index in [1.807, 2.05) is 19.3 Å². The number of hydrogen-bond donors (Lipinski definition) is 1. The van der Waals surface area contributed by atoms with E-state index in [2.05, 4.69) is 49.0 Å². The maximum atomic E-state index is 4.50. The molecule has 3 rings (SSSR count). The molecule has 0 saturated carbocycles. The average Bonchev–Trinajstić information content (AvgIpc) is 3.16. The number of guanidine groups is 1. The first kappa shape index (κ1) is 21.2. The van der Waals surface area contributed by atoms with Crippen LogP contribution in [-0.2, 0) is 0 Å². The van der Waals surface area contributed by atoms with Crippen molar-refractivity contribution in [3.05, 3.63) is 24.4 Å². The van der Waals surface area contributed by atoms with Crippen molar-refractivity contribution in [1.29, 1.82) is 0 Å². The average molecular weight is 472 g/mol. The number of pyridine rings is 1. The normalized spacial score (nSPS) is 20.0. The van der Waals surface area contributed by atoms with E-state index >= 15 is 0 Å². The quantitative estimate of drug-likeness (QED) is 0.404. The van der Waals surface area contributed by atoms with Crippen molar-refractivity contribution in [3.8, 4) is 0 Å². The van der Waals surface area contributed by atoms with Gasteiger partial charge in [0.25, 0.3) is 0 Å². The van der Waals surface area contributed by atoms with Crippen molar-refractivity contribution >= 4 is 35.8 Å². The minimum atomic E-state index is 0. The summed E-state index contributed by atoms with van der Waals surface area (Å²) in [4.78, 5) is 16.2. The molecule has 0 aromatic carbocycles. The molecule has 1 unspecified atom stereocenters. The molecule has 26 heavy (non-hydrogen) atoms. The second kappa shape index (κ2) is 10.9. The number of anilines is 1. The topological polar surface area (TPSA) is 47.0 Å². The van der Waals surface area contributed by atoms with Crippen molar-refractivity contribution in [2.24, 2.45) is 10.9 Å². The van der Waals surface area contributed by atoms with Crippen LogP contribution in [-0.4, -0.2) is 80.1 Å². The van der Waals surface area contributed by atoms with Crippen LogP contribution < -0.4 is 10.2 Å². The van der Waals surface area contributed by atoms with Crippen molar-refractivity contribution < 1.29 is 0 Å². The summed E-state index contributed by atoms with van der Waals surface area (Å²) in [5, 5.41) is 3.58. The Kier molecular flexibility index (Phi) is 8.90. The maximum Gasteiger partial charge on any atom is 0.193 e. The Labute approximate surface area is 175 Å². The van der Waals surface area contributed by atoms with E-state index in [4.69, 9.17) is 0 Å². The number of nitrogens with zero attached hydrogens (tertiary/aromatic N) is 5. The molecule has 1 aromatic rings. The van der Waals surface area contributed by atoms with Crippen LogP contribution >= 0.6 is 24.0 Å². The van der Waals surface area contributed by atoms with Crippen molar-refractivity contribution in [2.45, 2.75) is 19.8 Å². The number of hydrogen-bond acceptors (Lipinski definition) is 4. The molecule has 6 nitrogen and oxygen atoms in total. The maximum absolute atomic E-state index is 4.50. The van der Waals surface area contributed by atoms with Gasteiger partial charge in [-0.15, -0.1) is 24.0 Å². The molecule has 7 heteroatoms. The number of rotatable bonds is 5. The third-order valence-electron chi connectivity index (χ3n) is 5.14. The van der Waals surface area contributed by atoms with Crippen LogP contribution in [0.25, 0.3) is 0 Å². The summed E-state index contributed by atoms with van der Waals surface area (Å²) in [6, 6.07) is 6.11. The lowest BCUT2D eigenvalue weighted by molar-refractivity contribution is 0.285. The van der Waals surface area contributed by atoms with Gasteiger partial charge in [0.1, 0.15) is 5.82 Å². The summed E-state index contributed by atoms with van der Waals surface area (Å²) in [5.41, 5.74) is 0. The highest BCUT2D eigenvalue weighted by Crippen LogP contribution is 2.13. The Hall–Kier alpha value is -1.09. The molecule has 3 heterocycles. The van der Waals surface area contributed by atoms with E-state index < -0.39 is 0 Å². The van der Waals surface area contributed by atoms with Gasteiger partial charge in [0.05, 0.1) is 0 Å². The van der Waals surface area contributed by atoms with Crippen LogP contribution in [0.1, 0.15) is 19.8 Å². The van der Waals surface area contributed by atoms with Crippen molar-refractivity contribution in [1.82, 2.24) is 20.1 Å². The molecule has 0 aliphatic carbocycles. The number of piperazine rings is 1. The predicted molar refractivity (Wildman–Crippen MR) is 120 cm³/mol. The zero-order valence-corrected chi connectivity index (χ0v) is 18.4. The van der Waals surface area contributed by atoms with Gasteiger partial charge in [0, 0.05) is 52.5 Å². The van der Waals surface area contributed by atoms with Gasteiger partial charge in [0.15, 0.2) is 5.96 Å². The monoisotopic (exact) mass is 472 g/mol. The molecule has 1 atom stereocenters. The lowest BCUT2D eigenvalue weighted by atomic mass is 10.1. The molecule has 2 fully saturated rings. The zero-order valence-electron chi connectivity index (χ0n) is 16.1. The largest absolute Gasteiger partial charge is 0.356 e. The van der Waals surface area contributed by atoms with Crippen molar-refractivity contribution in [3.63, 3.8) is 0 Å². The van der Waals surface area contributed by atoms with Gasteiger partial charge in [-0.1, -0.05) is 13.0 Å². The van der Waals surface area contributed by atoms with E-state index in [-0.39, 0.29) is 24.0 Å². The lowest BCUT2D eigenvalue weighted by Crippen LogP contribution is -2.53. The van der Waals surface area contributed by atoms with E-state index in [0.29, 0.717) is 5.92 Å². The fraction of sp³-hybridized carbons (Fsp3) is 0.684. The standard InChI is InChI=1S/C19H32N6.HI/c1-17(16-23-9-5-6-10-23)15-22-19(20-2)25-13-11-24(12-14-25)18-7-3-4-8-21-18;/h3-4,7-8,17H,5-6,9-16H2,1-2H3,(H,20,22);1H. The lowest BCUT2D eigenvalue weighted by Gasteiger charge is -2.37. The van der Waals surface area contributed by atoms with Crippen LogP contribution in [0.15, 0.2) is 29.4 Å². The Bertz CT molecular complexity index is 538. The van der Waals surface area contributed by atoms with Crippen LogP contribution in [0, 0.1) is 5.92 Å². The van der Waals surface area contributed by atoms with Crippen LogP contribution in [0.3, 0.4) is 0 Å².